The van der Waals surface area contributed by atoms with Crippen LogP contribution < -0.4 is 8.15 Å². The molecule has 1 aromatic carbocycles. The van der Waals surface area contributed by atoms with E-state index in [0.29, 0.717) is 6.54 Å². The number of amides is 3. The molecule has 1 aliphatic heterocycles. The van der Waals surface area contributed by atoms with Crippen molar-refractivity contribution in [1.82, 2.24) is 14.4 Å². The van der Waals surface area contributed by atoms with Crippen LogP contribution in [0.3, 0.4) is 0 Å². The molecular formula is C31H49N4O5Sn+. The Morgan fingerprint density at radius 3 is 2.24 bits per heavy atom. The van der Waals surface area contributed by atoms with Gasteiger partial charge in [-0.1, -0.05) is 0 Å². The average Bonchev–Trinajstić information content (AvgIpc) is 3.59. The van der Waals surface area contributed by atoms with E-state index in [1.165, 1.54) is 44.7 Å². The Morgan fingerprint density at radius 2 is 1.71 bits per heavy atom. The van der Waals surface area contributed by atoms with E-state index in [4.69, 9.17) is 0 Å². The molecule has 0 aliphatic carbocycles. The first kappa shape index (κ1) is 33.3. The molecule has 3 rings (SSSR count). The third-order valence-corrected chi connectivity index (χ3v) is 23.1. The molecule has 0 spiro atoms. The summed E-state index contributed by atoms with van der Waals surface area (Å²) < 4.78 is 10.2. The molecule has 1 atom stereocenters. The summed E-state index contributed by atoms with van der Waals surface area (Å²) in [6.45, 7) is 8.31. The van der Waals surface area contributed by atoms with Crippen molar-refractivity contribution < 1.29 is 29.1 Å². The minimum absolute atomic E-state index is 0.0656. The quantitative estimate of drug-likeness (QED) is 0.0847. The molecule has 1 saturated heterocycles. The van der Waals surface area contributed by atoms with Gasteiger partial charge in [0.25, 0.3) is 0 Å². The van der Waals surface area contributed by atoms with E-state index >= 15 is 0 Å². The molecule has 1 fully saturated rings. The third kappa shape index (κ3) is 9.12. The van der Waals surface area contributed by atoms with E-state index in [9.17, 15) is 19.6 Å². The molecule has 1 N–H and O–H groups in total. The van der Waals surface area contributed by atoms with Gasteiger partial charge in [0.05, 0.1) is 0 Å². The summed E-state index contributed by atoms with van der Waals surface area (Å²) in [5, 5.41) is 9.23. The van der Waals surface area contributed by atoms with E-state index in [2.05, 4.69) is 77.8 Å². The van der Waals surface area contributed by atoms with Crippen LogP contribution >= 0.6 is 0 Å². The molecule has 1 unspecified atom stereocenters. The molecule has 2 heterocycles. The van der Waals surface area contributed by atoms with Crippen molar-refractivity contribution in [3.63, 3.8) is 0 Å². The van der Waals surface area contributed by atoms with E-state index in [1.54, 1.807) is 15.5 Å². The number of carbonyl (C=O) groups excluding carboxylic acids is 3. The van der Waals surface area contributed by atoms with Crippen LogP contribution in [0.5, 0.6) is 0 Å². The Bertz CT molecular complexity index is 1110. The fraction of sp³-hybridized carbons (Fsp3) is 0.613. The van der Waals surface area contributed by atoms with Crippen molar-refractivity contribution in [2.45, 2.75) is 105 Å². The number of imidazole rings is 1. The summed E-state index contributed by atoms with van der Waals surface area (Å²) in [5.74, 6) is -0.878. The van der Waals surface area contributed by atoms with Crippen molar-refractivity contribution in [1.29, 1.82) is 0 Å². The summed E-state index contributed by atoms with van der Waals surface area (Å²) in [5.41, 5.74) is 1.20. The Balaban J connectivity index is 1.63. The van der Waals surface area contributed by atoms with Gasteiger partial charge in [0.1, 0.15) is 0 Å². The predicted octanol–water partition coefficient (Wildman–Crippen LogP) is 4.04. The second-order valence-electron chi connectivity index (χ2n) is 11.4. The zero-order valence-electron chi connectivity index (χ0n) is 25.4. The zero-order valence-corrected chi connectivity index (χ0v) is 28.2. The summed E-state index contributed by atoms with van der Waals surface area (Å²) in [4.78, 5) is 43.6. The van der Waals surface area contributed by atoms with Crippen LogP contribution in [0, 0.1) is 0 Å². The number of likely N-dealkylation sites (N-methyl/N-ethyl adjacent to an activating group) is 1. The average molecular weight is 676 g/mol. The van der Waals surface area contributed by atoms with Crippen LogP contribution in [0.1, 0.15) is 77.7 Å². The van der Waals surface area contributed by atoms with Gasteiger partial charge >= 0.3 is 211 Å². The molecular weight excluding hydrogens is 627 g/mol. The number of likely N-dealkylation sites (tertiary alicyclic amines) is 1. The van der Waals surface area contributed by atoms with Crippen molar-refractivity contribution in [3.05, 3.63) is 48.5 Å². The molecule has 0 saturated carbocycles. The van der Waals surface area contributed by atoms with Crippen molar-refractivity contribution in [2.75, 3.05) is 13.6 Å². The van der Waals surface area contributed by atoms with E-state index in [-0.39, 0.29) is 43.4 Å². The monoisotopic (exact) mass is 677 g/mol. The fourth-order valence-electron chi connectivity index (χ4n) is 5.79. The van der Waals surface area contributed by atoms with Gasteiger partial charge in [0.15, 0.2) is 0 Å². The number of aryl methyl sites for hydroxylation is 1. The topological polar surface area (TPSA) is 96.0 Å². The number of aromatic nitrogens is 2. The van der Waals surface area contributed by atoms with Gasteiger partial charge in [-0.2, -0.15) is 0 Å². The van der Waals surface area contributed by atoms with Crippen LogP contribution in [0.15, 0.2) is 43.0 Å². The molecule has 10 heteroatoms. The SMILES string of the molecule is CCC[CH2][Sn]([CH2]CCC)([CH2][n+]1ccn(CC)c1)[c]1ccc(CCN(C)C(=O)CCC(OO)N2C(=O)CCC2=O)cc1. The first-order valence-corrected chi connectivity index (χ1v) is 22.8. The Morgan fingerprint density at radius 1 is 1.07 bits per heavy atom. The van der Waals surface area contributed by atoms with Crippen LogP contribution in [-0.2, 0) is 36.8 Å². The maximum absolute atomic E-state index is 12.8. The van der Waals surface area contributed by atoms with Gasteiger partial charge in [0.2, 0.25) is 11.8 Å². The Hall–Kier alpha value is -2.24. The van der Waals surface area contributed by atoms with Crippen molar-refractivity contribution in [3.8, 4) is 0 Å². The number of unbranched alkanes of at least 4 members (excludes halogenated alkanes) is 2. The number of carbonyl (C=O) groups is 3. The number of hydrogen-bond acceptors (Lipinski definition) is 5. The molecule has 2 aromatic rings. The van der Waals surface area contributed by atoms with Gasteiger partial charge in [-0.05, 0) is 0 Å². The third-order valence-electron chi connectivity index (χ3n) is 8.45. The fourth-order valence-corrected chi connectivity index (χ4v) is 20.5. The summed E-state index contributed by atoms with van der Waals surface area (Å²) in [7, 11) is 1.76. The van der Waals surface area contributed by atoms with Crippen LogP contribution in [0.4, 0.5) is 0 Å². The molecule has 226 valence electrons. The molecule has 41 heavy (non-hydrogen) atoms. The first-order chi connectivity index (χ1) is 19.8. The molecule has 1 aliphatic rings. The first-order valence-electron chi connectivity index (χ1n) is 15.3. The second kappa shape index (κ2) is 16.4. The van der Waals surface area contributed by atoms with Crippen LogP contribution in [0.25, 0.3) is 0 Å². The summed E-state index contributed by atoms with van der Waals surface area (Å²) in [6.07, 6.45) is 11.7. The van der Waals surface area contributed by atoms with Crippen LogP contribution in [-0.4, -0.2) is 75.5 Å². The minimum atomic E-state index is -2.74. The van der Waals surface area contributed by atoms with Gasteiger partial charge in [-0.25, -0.2) is 5.26 Å². The zero-order chi connectivity index (χ0) is 29.8. The van der Waals surface area contributed by atoms with Gasteiger partial charge in [0, 0.05) is 12.8 Å². The number of benzene rings is 1. The molecule has 9 nitrogen and oxygen atoms in total. The van der Waals surface area contributed by atoms with E-state index in [1.807, 2.05) is 0 Å². The van der Waals surface area contributed by atoms with Crippen molar-refractivity contribution >= 4 is 39.7 Å². The number of rotatable bonds is 18. The number of hydrogen-bond donors (Lipinski definition) is 1. The molecule has 0 bridgehead atoms. The molecule has 3 amide bonds. The van der Waals surface area contributed by atoms with Crippen molar-refractivity contribution in [2.24, 2.45) is 0 Å². The standard InChI is InChI=1S/C17H21N2O5.C6H10N2.2C4H9.Sn/c1-18(12-11-13-5-3-2-4-6-13)14(20)9-10-17(24-23)19-15(21)7-8-16(19)22;1-3-8-5-4-7(2)6-8;2*1-3-4-2;/h3-6,17,23H,7-12H2,1H3;4-6H,2-3H2,1H3;2*1,3-4H2,2H3;/q;+1;;;. The van der Waals surface area contributed by atoms with E-state index in [0.717, 1.165) is 17.9 Å². The summed E-state index contributed by atoms with van der Waals surface area (Å²) in [6, 6.07) is 9.25. The normalized spacial score (nSPS) is 14.6. The predicted molar refractivity (Wildman–Crippen MR) is 161 cm³/mol. The number of imide groups is 1. The Labute approximate surface area is 249 Å². The maximum atomic E-state index is 12.8. The van der Waals surface area contributed by atoms with Gasteiger partial charge in [-0.3, -0.25) is 9.59 Å². The Kier molecular flexibility index (Phi) is 13.3. The number of nitrogens with zero attached hydrogens (tertiary/aromatic N) is 4. The van der Waals surface area contributed by atoms with Gasteiger partial charge in [-0.15, -0.1) is 0 Å². The summed E-state index contributed by atoms with van der Waals surface area (Å²) >= 11 is -2.74. The van der Waals surface area contributed by atoms with E-state index < -0.39 is 24.6 Å². The second-order valence-corrected chi connectivity index (χ2v) is 24.1. The molecule has 1 aromatic heterocycles. The molecule has 0 radical (unpaired) electrons. The van der Waals surface area contributed by atoms with Crippen LogP contribution in [0.2, 0.25) is 8.87 Å². The van der Waals surface area contributed by atoms with Gasteiger partial charge < -0.3 is 0 Å².